The third kappa shape index (κ3) is 2.29. The average Bonchev–Trinajstić information content (AvgIpc) is 2.91. The number of anilines is 1. The molecule has 0 amide bonds. The number of rotatable bonds is 2. The molecule has 2 saturated heterocycles. The Hall–Kier alpha value is -1.20. The fraction of sp³-hybridized carbons (Fsp3) is 0.667. The molecule has 2 fully saturated rings. The van der Waals surface area contributed by atoms with Gasteiger partial charge in [0.25, 0.3) is 0 Å². The van der Waals surface area contributed by atoms with Crippen molar-refractivity contribution in [3.8, 4) is 0 Å². The van der Waals surface area contributed by atoms with E-state index in [2.05, 4.69) is 15.2 Å². The van der Waals surface area contributed by atoms with Gasteiger partial charge in [0.2, 0.25) is 0 Å². The maximum atomic E-state index is 14.1. The lowest BCUT2D eigenvalue weighted by molar-refractivity contribution is 0.0694. The smallest absolute Gasteiger partial charge is 0.150 e. The molecule has 3 heterocycles. The lowest BCUT2D eigenvalue weighted by Gasteiger charge is -2.24. The van der Waals surface area contributed by atoms with Crippen molar-refractivity contribution in [3.63, 3.8) is 0 Å². The van der Waals surface area contributed by atoms with E-state index in [1.54, 1.807) is 26.8 Å². The minimum absolute atomic E-state index is 0.141. The second kappa shape index (κ2) is 4.67. The van der Waals surface area contributed by atoms with Crippen LogP contribution in [0.4, 0.5) is 10.2 Å². The van der Waals surface area contributed by atoms with E-state index in [1.807, 2.05) is 0 Å². The Labute approximate surface area is 119 Å². The average molecular weight is 279 g/mol. The standard InChI is InChI=1S/C15H22FN3O/c1-9-4-12(18-14(13(9)16)15(2,3)20)19-7-10-5-17-6-11(10)8-19/h4,10-11,17,20H,5-8H2,1-3H3. The largest absolute Gasteiger partial charge is 0.384 e. The van der Waals surface area contributed by atoms with Gasteiger partial charge in [-0.25, -0.2) is 9.37 Å². The molecule has 3 rings (SSSR count). The fourth-order valence-electron chi connectivity index (χ4n) is 3.25. The summed E-state index contributed by atoms with van der Waals surface area (Å²) in [5.41, 5.74) is -0.577. The lowest BCUT2D eigenvalue weighted by Crippen LogP contribution is -2.28. The van der Waals surface area contributed by atoms with Crippen molar-refractivity contribution < 1.29 is 9.50 Å². The second-order valence-corrected chi connectivity index (χ2v) is 6.60. The Morgan fingerprint density at radius 1 is 1.35 bits per heavy atom. The van der Waals surface area contributed by atoms with Crippen LogP contribution in [0.25, 0.3) is 0 Å². The molecule has 0 bridgehead atoms. The van der Waals surface area contributed by atoms with Crippen molar-refractivity contribution in [2.75, 3.05) is 31.1 Å². The van der Waals surface area contributed by atoms with Gasteiger partial charge in [-0.05, 0) is 44.2 Å². The molecule has 20 heavy (non-hydrogen) atoms. The first kappa shape index (κ1) is 13.8. The van der Waals surface area contributed by atoms with Crippen LogP contribution in [0.2, 0.25) is 0 Å². The van der Waals surface area contributed by atoms with Gasteiger partial charge in [0.1, 0.15) is 17.1 Å². The zero-order valence-corrected chi connectivity index (χ0v) is 12.3. The summed E-state index contributed by atoms with van der Waals surface area (Å²) < 4.78 is 14.1. The molecule has 2 aliphatic rings. The summed E-state index contributed by atoms with van der Waals surface area (Å²) in [7, 11) is 0. The highest BCUT2D eigenvalue weighted by atomic mass is 19.1. The summed E-state index contributed by atoms with van der Waals surface area (Å²) in [5, 5.41) is 13.5. The number of aryl methyl sites for hydroxylation is 1. The van der Waals surface area contributed by atoms with Gasteiger partial charge in [-0.3, -0.25) is 0 Å². The molecule has 0 saturated carbocycles. The summed E-state index contributed by atoms with van der Waals surface area (Å²) in [5.74, 6) is 1.71. The van der Waals surface area contributed by atoms with E-state index in [-0.39, 0.29) is 5.69 Å². The Bertz CT molecular complexity index is 515. The molecule has 0 radical (unpaired) electrons. The highest BCUT2D eigenvalue weighted by Crippen LogP contribution is 2.32. The number of aromatic nitrogens is 1. The zero-order valence-electron chi connectivity index (χ0n) is 12.3. The van der Waals surface area contributed by atoms with E-state index in [1.165, 1.54) is 0 Å². The SMILES string of the molecule is Cc1cc(N2CC3CNCC3C2)nc(C(C)(C)O)c1F. The molecule has 1 aromatic heterocycles. The van der Waals surface area contributed by atoms with Crippen molar-refractivity contribution in [1.29, 1.82) is 0 Å². The fourth-order valence-corrected chi connectivity index (χ4v) is 3.25. The zero-order chi connectivity index (χ0) is 14.5. The van der Waals surface area contributed by atoms with Gasteiger partial charge in [0.15, 0.2) is 5.82 Å². The number of nitrogens with zero attached hydrogens (tertiary/aromatic N) is 2. The Morgan fingerprint density at radius 3 is 2.50 bits per heavy atom. The topological polar surface area (TPSA) is 48.4 Å². The number of pyridine rings is 1. The van der Waals surface area contributed by atoms with Crippen LogP contribution in [0.15, 0.2) is 6.07 Å². The van der Waals surface area contributed by atoms with Gasteiger partial charge in [-0.2, -0.15) is 0 Å². The molecular formula is C15H22FN3O. The molecular weight excluding hydrogens is 257 g/mol. The predicted molar refractivity (Wildman–Crippen MR) is 76.2 cm³/mol. The van der Waals surface area contributed by atoms with E-state index in [9.17, 15) is 9.50 Å². The molecule has 110 valence electrons. The van der Waals surface area contributed by atoms with E-state index in [0.717, 1.165) is 32.0 Å². The van der Waals surface area contributed by atoms with Crippen LogP contribution in [-0.4, -0.2) is 36.3 Å². The summed E-state index contributed by atoms with van der Waals surface area (Å²) in [6.07, 6.45) is 0. The monoisotopic (exact) mass is 279 g/mol. The van der Waals surface area contributed by atoms with Crippen molar-refractivity contribution in [2.45, 2.75) is 26.4 Å². The van der Waals surface area contributed by atoms with Crippen LogP contribution in [0, 0.1) is 24.6 Å². The van der Waals surface area contributed by atoms with Gasteiger partial charge in [0, 0.05) is 26.2 Å². The van der Waals surface area contributed by atoms with E-state index >= 15 is 0 Å². The van der Waals surface area contributed by atoms with Crippen LogP contribution >= 0.6 is 0 Å². The van der Waals surface area contributed by atoms with Crippen LogP contribution in [0.5, 0.6) is 0 Å². The van der Waals surface area contributed by atoms with Crippen LogP contribution in [0.1, 0.15) is 25.1 Å². The Morgan fingerprint density at radius 2 is 1.95 bits per heavy atom. The first-order valence-electron chi connectivity index (χ1n) is 7.22. The lowest BCUT2D eigenvalue weighted by atomic mass is 10.0. The number of hydrogen-bond donors (Lipinski definition) is 2. The highest BCUT2D eigenvalue weighted by Gasteiger charge is 2.37. The van der Waals surface area contributed by atoms with Gasteiger partial charge in [0.05, 0.1) is 0 Å². The summed E-state index contributed by atoms with van der Waals surface area (Å²) in [4.78, 5) is 6.61. The third-order valence-electron chi connectivity index (χ3n) is 4.42. The first-order chi connectivity index (χ1) is 9.36. The first-order valence-corrected chi connectivity index (χ1v) is 7.22. The molecule has 0 aromatic carbocycles. The quantitative estimate of drug-likeness (QED) is 0.859. The molecule has 2 aliphatic heterocycles. The number of nitrogens with one attached hydrogen (secondary N) is 1. The third-order valence-corrected chi connectivity index (χ3v) is 4.42. The molecule has 0 aliphatic carbocycles. The normalized spacial score (nSPS) is 26.1. The minimum atomic E-state index is -1.26. The molecule has 5 heteroatoms. The van der Waals surface area contributed by atoms with Crippen molar-refractivity contribution in [3.05, 3.63) is 23.1 Å². The molecule has 1 aromatic rings. The minimum Gasteiger partial charge on any atom is -0.384 e. The van der Waals surface area contributed by atoms with Gasteiger partial charge >= 0.3 is 0 Å². The summed E-state index contributed by atoms with van der Waals surface area (Å²) in [6.45, 7) is 8.91. The van der Waals surface area contributed by atoms with Crippen LogP contribution in [-0.2, 0) is 5.60 Å². The van der Waals surface area contributed by atoms with E-state index in [0.29, 0.717) is 17.4 Å². The van der Waals surface area contributed by atoms with E-state index in [4.69, 9.17) is 0 Å². The van der Waals surface area contributed by atoms with Crippen molar-refractivity contribution >= 4 is 5.82 Å². The molecule has 2 unspecified atom stereocenters. The van der Waals surface area contributed by atoms with E-state index < -0.39 is 11.4 Å². The van der Waals surface area contributed by atoms with Crippen molar-refractivity contribution in [1.82, 2.24) is 10.3 Å². The predicted octanol–water partition coefficient (Wildman–Crippen LogP) is 1.41. The van der Waals surface area contributed by atoms with Crippen LogP contribution in [0.3, 0.4) is 0 Å². The maximum absolute atomic E-state index is 14.1. The highest BCUT2D eigenvalue weighted by molar-refractivity contribution is 5.45. The van der Waals surface area contributed by atoms with Gasteiger partial charge in [-0.15, -0.1) is 0 Å². The van der Waals surface area contributed by atoms with Gasteiger partial charge in [-0.1, -0.05) is 0 Å². The number of fused-ring (bicyclic) bond motifs is 1. The summed E-state index contributed by atoms with van der Waals surface area (Å²) in [6, 6.07) is 1.79. The number of aliphatic hydroxyl groups is 1. The summed E-state index contributed by atoms with van der Waals surface area (Å²) >= 11 is 0. The van der Waals surface area contributed by atoms with Crippen molar-refractivity contribution in [2.24, 2.45) is 11.8 Å². The molecule has 4 nitrogen and oxygen atoms in total. The number of halogens is 1. The molecule has 2 N–H and O–H groups in total. The maximum Gasteiger partial charge on any atom is 0.150 e. The number of hydrogen-bond acceptors (Lipinski definition) is 4. The van der Waals surface area contributed by atoms with Crippen LogP contribution < -0.4 is 10.2 Å². The second-order valence-electron chi connectivity index (χ2n) is 6.60. The molecule has 0 spiro atoms. The van der Waals surface area contributed by atoms with Gasteiger partial charge < -0.3 is 15.3 Å². The Balaban J connectivity index is 1.93. The molecule has 2 atom stereocenters. The Kier molecular flexibility index (Phi) is 3.21.